The van der Waals surface area contributed by atoms with Crippen LogP contribution in [0.1, 0.15) is 22.3 Å². The van der Waals surface area contributed by atoms with Gasteiger partial charge in [0.25, 0.3) is 0 Å². The second kappa shape index (κ2) is 15.9. The maximum Gasteiger partial charge on any atom is 0.164 e. The largest absolute Gasteiger partial charge is 0.309 e. The van der Waals surface area contributed by atoms with Gasteiger partial charge in [0.2, 0.25) is 0 Å². The minimum absolute atomic E-state index is 0.581. The molecular formula is C72H43N5. The van der Waals surface area contributed by atoms with Gasteiger partial charge in [0.15, 0.2) is 17.5 Å². The molecule has 5 heteroatoms. The van der Waals surface area contributed by atoms with Gasteiger partial charge in [0.1, 0.15) is 0 Å². The van der Waals surface area contributed by atoms with Crippen LogP contribution >= 0.6 is 0 Å². The molecule has 0 saturated carbocycles. The minimum Gasteiger partial charge on any atom is -0.309 e. The SMILES string of the molecule is c1ccc(-c2nc(-c3cccc(-n4c5c(-c6cccc7c6-c6ccccc6C76c7ccccc7-n7c8ccccc8c8cccc6c87)cccc5c5ccc6ccccc6c54)c3)nc(-c3ccc4ccccc4c3)n2)cc1. The Morgan fingerprint density at radius 2 is 0.844 bits per heavy atom. The number of hydrogen-bond acceptors (Lipinski definition) is 3. The van der Waals surface area contributed by atoms with Crippen LogP contribution in [0.25, 0.3) is 133 Å². The first kappa shape index (κ1) is 42.2. The summed E-state index contributed by atoms with van der Waals surface area (Å²) in [4.78, 5) is 15.7. The molecule has 3 aromatic heterocycles. The molecule has 4 heterocycles. The topological polar surface area (TPSA) is 48.5 Å². The van der Waals surface area contributed by atoms with E-state index in [1.807, 2.05) is 18.2 Å². The van der Waals surface area contributed by atoms with Crippen molar-refractivity contribution in [2.75, 3.05) is 0 Å². The highest BCUT2D eigenvalue weighted by molar-refractivity contribution is 6.22. The molecule has 356 valence electrons. The van der Waals surface area contributed by atoms with E-state index in [2.05, 4.69) is 252 Å². The summed E-state index contributed by atoms with van der Waals surface area (Å²) in [6.07, 6.45) is 0. The van der Waals surface area contributed by atoms with Crippen molar-refractivity contribution in [2.45, 2.75) is 5.41 Å². The second-order valence-corrected chi connectivity index (χ2v) is 20.6. The van der Waals surface area contributed by atoms with E-state index in [1.54, 1.807) is 0 Å². The van der Waals surface area contributed by atoms with Crippen LogP contribution in [0.3, 0.4) is 0 Å². The highest BCUT2D eigenvalue weighted by atomic mass is 15.0. The zero-order chi connectivity index (χ0) is 50.3. The van der Waals surface area contributed by atoms with Crippen LogP contribution in [0.15, 0.2) is 261 Å². The molecule has 0 bridgehead atoms. The van der Waals surface area contributed by atoms with Crippen molar-refractivity contribution in [1.29, 1.82) is 0 Å². The fraction of sp³-hybridized carbons (Fsp3) is 0.0139. The van der Waals surface area contributed by atoms with Crippen LogP contribution in [-0.4, -0.2) is 24.1 Å². The van der Waals surface area contributed by atoms with E-state index in [0.717, 1.165) is 38.8 Å². The van der Waals surface area contributed by atoms with Gasteiger partial charge in [-0.05, 0) is 85.4 Å². The van der Waals surface area contributed by atoms with Gasteiger partial charge in [-0.1, -0.05) is 231 Å². The predicted octanol–water partition coefficient (Wildman–Crippen LogP) is 17.7. The first-order valence-electron chi connectivity index (χ1n) is 26.4. The maximum atomic E-state index is 5.29. The summed E-state index contributed by atoms with van der Waals surface area (Å²) < 4.78 is 5.03. The van der Waals surface area contributed by atoms with Gasteiger partial charge < -0.3 is 9.13 Å². The summed E-state index contributed by atoms with van der Waals surface area (Å²) in [5.41, 5.74) is 19.3. The van der Waals surface area contributed by atoms with E-state index in [9.17, 15) is 0 Å². The third-order valence-electron chi connectivity index (χ3n) is 16.7. The van der Waals surface area contributed by atoms with Crippen molar-refractivity contribution in [3.05, 3.63) is 283 Å². The Labute approximate surface area is 443 Å². The summed E-state index contributed by atoms with van der Waals surface area (Å²) in [6, 6.07) is 95.4. The number of aromatic nitrogens is 5. The summed E-state index contributed by atoms with van der Waals surface area (Å²) in [7, 11) is 0. The van der Waals surface area contributed by atoms with Gasteiger partial charge in [0, 0.05) is 54.9 Å². The Balaban J connectivity index is 0.934. The first-order valence-corrected chi connectivity index (χ1v) is 26.4. The molecule has 0 N–H and O–H groups in total. The van der Waals surface area contributed by atoms with Crippen molar-refractivity contribution < 1.29 is 0 Å². The van der Waals surface area contributed by atoms with E-state index in [0.29, 0.717) is 17.5 Å². The number of benzene rings is 12. The Bertz CT molecular complexity index is 5000. The predicted molar refractivity (Wildman–Crippen MR) is 316 cm³/mol. The minimum atomic E-state index is -0.581. The van der Waals surface area contributed by atoms with Crippen molar-refractivity contribution in [1.82, 2.24) is 24.1 Å². The molecular weight excluding hydrogens is 935 g/mol. The Morgan fingerprint density at radius 3 is 1.71 bits per heavy atom. The maximum absolute atomic E-state index is 5.29. The lowest BCUT2D eigenvalue weighted by Gasteiger charge is -2.39. The van der Waals surface area contributed by atoms with Gasteiger partial charge >= 0.3 is 0 Å². The standard InChI is InChI=1S/C72H43N5/c1-2-20-46(21-3-1)69-73-70(75-71(74-69)49-39-38-44-18-4-5-22-47(44)42-49)48-23-14-24-50(43-48)76-66-51-25-7-6-19-45(51)40-41-57(66)56-30-15-29-55(67(56)76)53-28-16-34-61-65(53)58-27-8-10-32-59(58)72(61)60-33-11-13-37-64(60)77-63-36-12-9-26-52(63)54-31-17-35-62(72)68(54)77/h1-43H. The Hall–Kier alpha value is -10.2. The van der Waals surface area contributed by atoms with Crippen molar-refractivity contribution >= 4 is 65.2 Å². The third kappa shape index (κ3) is 5.80. The van der Waals surface area contributed by atoms with Gasteiger partial charge in [-0.15, -0.1) is 0 Å². The van der Waals surface area contributed by atoms with Crippen LogP contribution < -0.4 is 0 Å². The van der Waals surface area contributed by atoms with Crippen LogP contribution in [0.5, 0.6) is 0 Å². The smallest absolute Gasteiger partial charge is 0.164 e. The Morgan fingerprint density at radius 1 is 0.286 bits per heavy atom. The molecule has 1 unspecified atom stereocenters. The third-order valence-corrected chi connectivity index (χ3v) is 16.7. The number of nitrogens with zero attached hydrogens (tertiary/aromatic N) is 5. The lowest BCUT2D eigenvalue weighted by Crippen LogP contribution is -2.33. The average Bonchev–Trinajstić information content (AvgIpc) is 4.29. The van der Waals surface area contributed by atoms with Crippen LogP contribution in [-0.2, 0) is 5.41 Å². The number of fused-ring (bicyclic) bond motifs is 18. The van der Waals surface area contributed by atoms with E-state index >= 15 is 0 Å². The fourth-order valence-corrected chi connectivity index (χ4v) is 13.6. The lowest BCUT2D eigenvalue weighted by molar-refractivity contribution is 0.748. The molecule has 1 atom stereocenters. The molecule has 5 nitrogen and oxygen atoms in total. The summed E-state index contributed by atoms with van der Waals surface area (Å²) >= 11 is 0. The fourth-order valence-electron chi connectivity index (χ4n) is 13.6. The van der Waals surface area contributed by atoms with Crippen LogP contribution in [0.2, 0.25) is 0 Å². The van der Waals surface area contributed by atoms with Gasteiger partial charge in [-0.3, -0.25) is 0 Å². The quantitative estimate of drug-likeness (QED) is 0.173. The van der Waals surface area contributed by atoms with Crippen LogP contribution in [0, 0.1) is 0 Å². The number of para-hydroxylation sites is 4. The molecule has 15 aromatic rings. The van der Waals surface area contributed by atoms with E-state index in [1.165, 1.54) is 98.9 Å². The molecule has 77 heavy (non-hydrogen) atoms. The molecule has 1 spiro atoms. The molecule has 17 rings (SSSR count). The molecule has 2 aliphatic rings. The molecule has 1 aliphatic carbocycles. The first-order chi connectivity index (χ1) is 38.2. The molecule has 0 radical (unpaired) electrons. The van der Waals surface area contributed by atoms with Gasteiger partial charge in [0.05, 0.1) is 33.2 Å². The zero-order valence-corrected chi connectivity index (χ0v) is 41.6. The summed E-state index contributed by atoms with van der Waals surface area (Å²) in [5, 5.41) is 9.61. The lowest BCUT2D eigenvalue weighted by atomic mass is 9.65. The highest BCUT2D eigenvalue weighted by Crippen LogP contribution is 2.63. The van der Waals surface area contributed by atoms with Crippen LogP contribution in [0.4, 0.5) is 0 Å². The number of hydrogen-bond donors (Lipinski definition) is 0. The molecule has 12 aromatic carbocycles. The molecule has 0 amide bonds. The van der Waals surface area contributed by atoms with E-state index < -0.39 is 5.41 Å². The average molecular weight is 978 g/mol. The monoisotopic (exact) mass is 977 g/mol. The van der Waals surface area contributed by atoms with Gasteiger partial charge in [-0.2, -0.15) is 0 Å². The van der Waals surface area contributed by atoms with E-state index in [4.69, 9.17) is 15.0 Å². The summed E-state index contributed by atoms with van der Waals surface area (Å²) in [6.45, 7) is 0. The molecule has 0 saturated heterocycles. The van der Waals surface area contributed by atoms with Crippen molar-refractivity contribution in [3.63, 3.8) is 0 Å². The molecule has 0 fully saturated rings. The molecule has 1 aliphatic heterocycles. The zero-order valence-electron chi connectivity index (χ0n) is 41.6. The summed E-state index contributed by atoms with van der Waals surface area (Å²) in [5.74, 6) is 1.87. The van der Waals surface area contributed by atoms with Crippen molar-refractivity contribution in [2.24, 2.45) is 0 Å². The highest BCUT2D eigenvalue weighted by Gasteiger charge is 2.51. The second-order valence-electron chi connectivity index (χ2n) is 20.6. The normalized spacial score (nSPS) is 14.3. The van der Waals surface area contributed by atoms with Gasteiger partial charge in [-0.25, -0.2) is 15.0 Å². The number of rotatable bonds is 5. The Kier molecular flexibility index (Phi) is 8.70. The van der Waals surface area contributed by atoms with E-state index in [-0.39, 0.29) is 0 Å². The van der Waals surface area contributed by atoms with Crippen molar-refractivity contribution in [3.8, 4) is 67.8 Å².